The lowest BCUT2D eigenvalue weighted by molar-refractivity contribution is 0.0637. The summed E-state index contributed by atoms with van der Waals surface area (Å²) in [5, 5.41) is 14.7. The summed E-state index contributed by atoms with van der Waals surface area (Å²) in [6.45, 7) is 2.27. The van der Waals surface area contributed by atoms with E-state index in [4.69, 9.17) is 18.7 Å². The highest BCUT2D eigenvalue weighted by Crippen LogP contribution is 2.33. The van der Waals surface area contributed by atoms with Crippen molar-refractivity contribution in [2.45, 2.75) is 19.1 Å². The molecular weight excluding hydrogens is 460 g/mol. The van der Waals surface area contributed by atoms with Crippen molar-refractivity contribution in [3.05, 3.63) is 72.1 Å². The summed E-state index contributed by atoms with van der Waals surface area (Å²) in [7, 11) is 3.28. The normalized spacial score (nSPS) is 14.2. The molecule has 0 amide bonds. The first-order valence-corrected chi connectivity index (χ1v) is 11.7. The van der Waals surface area contributed by atoms with Crippen molar-refractivity contribution in [3.8, 4) is 40.1 Å². The molecule has 1 N–H and O–H groups in total. The van der Waals surface area contributed by atoms with Gasteiger partial charge in [0.05, 0.1) is 19.8 Å². The van der Waals surface area contributed by atoms with E-state index in [1.54, 1.807) is 26.6 Å². The lowest BCUT2D eigenvalue weighted by Gasteiger charge is -2.31. The van der Waals surface area contributed by atoms with E-state index in [1.807, 2.05) is 48.5 Å². The summed E-state index contributed by atoms with van der Waals surface area (Å²) in [6.07, 6.45) is 3.61. The molecule has 0 saturated carbocycles. The first-order chi connectivity index (χ1) is 17.6. The molecule has 0 saturated heterocycles. The van der Waals surface area contributed by atoms with Crippen LogP contribution in [-0.4, -0.2) is 65.2 Å². The molecule has 5 rings (SSSR count). The Labute approximate surface area is 209 Å². The highest BCUT2D eigenvalue weighted by Gasteiger charge is 2.21. The third kappa shape index (κ3) is 5.32. The third-order valence-electron chi connectivity index (χ3n) is 6.14. The van der Waals surface area contributed by atoms with Gasteiger partial charge in [0, 0.05) is 37.6 Å². The van der Waals surface area contributed by atoms with Crippen LogP contribution in [0.5, 0.6) is 17.2 Å². The smallest absolute Gasteiger partial charge is 0.259 e. The van der Waals surface area contributed by atoms with E-state index in [0.29, 0.717) is 24.0 Å². The van der Waals surface area contributed by atoms with Crippen molar-refractivity contribution in [1.82, 2.24) is 20.0 Å². The van der Waals surface area contributed by atoms with Gasteiger partial charge in [-0.2, -0.15) is 4.98 Å². The molecule has 0 bridgehead atoms. The van der Waals surface area contributed by atoms with E-state index in [9.17, 15) is 5.11 Å². The molecule has 0 radical (unpaired) electrons. The number of ether oxygens (including phenoxy) is 3. The molecule has 0 fully saturated rings. The van der Waals surface area contributed by atoms with Crippen LogP contribution in [0, 0.1) is 0 Å². The molecule has 1 unspecified atom stereocenters. The van der Waals surface area contributed by atoms with Gasteiger partial charge in [0.15, 0.2) is 11.5 Å². The first-order valence-electron chi connectivity index (χ1n) is 11.7. The minimum atomic E-state index is -0.641. The molecule has 1 aliphatic heterocycles. The number of hydrogen-bond donors (Lipinski definition) is 1. The fraction of sp³-hybridized carbons (Fsp3) is 0.296. The van der Waals surface area contributed by atoms with Crippen molar-refractivity contribution in [2.75, 3.05) is 33.9 Å². The molecule has 1 atom stereocenters. The van der Waals surface area contributed by atoms with E-state index in [1.165, 1.54) is 11.1 Å². The van der Waals surface area contributed by atoms with Crippen LogP contribution in [-0.2, 0) is 13.0 Å². The Morgan fingerprint density at radius 1 is 1.03 bits per heavy atom. The molecule has 1 aliphatic rings. The number of methoxy groups -OCH3 is 2. The highest BCUT2D eigenvalue weighted by atomic mass is 16.5. The summed E-state index contributed by atoms with van der Waals surface area (Å²) in [5.41, 5.74) is 3.95. The van der Waals surface area contributed by atoms with Crippen LogP contribution >= 0.6 is 0 Å². The maximum Gasteiger partial charge on any atom is 0.259 e. The van der Waals surface area contributed by atoms with Gasteiger partial charge in [-0.1, -0.05) is 17.3 Å². The summed E-state index contributed by atoms with van der Waals surface area (Å²) in [5.74, 6) is 2.95. The summed E-state index contributed by atoms with van der Waals surface area (Å²) in [4.78, 5) is 10.8. The molecule has 0 aliphatic carbocycles. The zero-order valence-corrected chi connectivity index (χ0v) is 20.3. The van der Waals surface area contributed by atoms with E-state index < -0.39 is 6.10 Å². The number of aliphatic hydroxyl groups is 1. The average Bonchev–Trinajstić information content (AvgIpc) is 3.42. The minimum Gasteiger partial charge on any atom is -0.493 e. The van der Waals surface area contributed by atoms with Crippen LogP contribution in [0.2, 0.25) is 0 Å². The molecule has 186 valence electrons. The number of nitrogens with zero attached hydrogens (tertiary/aromatic N) is 4. The Kier molecular flexibility index (Phi) is 7.11. The van der Waals surface area contributed by atoms with Gasteiger partial charge in [-0.3, -0.25) is 9.88 Å². The Bertz CT molecular complexity index is 1310. The number of rotatable bonds is 9. The van der Waals surface area contributed by atoms with E-state index in [0.717, 1.165) is 42.1 Å². The lowest BCUT2D eigenvalue weighted by atomic mass is 9.98. The number of β-amino-alcohol motifs (C(OH)–C–C–N with tert-alkyl or cyclic N) is 1. The summed E-state index contributed by atoms with van der Waals surface area (Å²) < 4.78 is 22.1. The summed E-state index contributed by atoms with van der Waals surface area (Å²) >= 11 is 0. The number of hydrogen-bond acceptors (Lipinski definition) is 9. The van der Waals surface area contributed by atoms with Gasteiger partial charge in [-0.25, -0.2) is 0 Å². The molecule has 2 aromatic heterocycles. The third-order valence-corrected chi connectivity index (χ3v) is 6.14. The Balaban J connectivity index is 1.18. The van der Waals surface area contributed by atoms with Crippen LogP contribution in [0.3, 0.4) is 0 Å². The van der Waals surface area contributed by atoms with Crippen molar-refractivity contribution in [3.63, 3.8) is 0 Å². The molecular formula is C27H28N4O5. The highest BCUT2D eigenvalue weighted by molar-refractivity contribution is 5.60. The second kappa shape index (κ2) is 10.8. The van der Waals surface area contributed by atoms with Gasteiger partial charge in [-0.15, -0.1) is 0 Å². The summed E-state index contributed by atoms with van der Waals surface area (Å²) in [6, 6.07) is 15.2. The van der Waals surface area contributed by atoms with Gasteiger partial charge in [-0.05, 0) is 53.9 Å². The van der Waals surface area contributed by atoms with Crippen LogP contribution in [0.15, 0.2) is 65.4 Å². The average molecular weight is 489 g/mol. The Morgan fingerprint density at radius 3 is 2.61 bits per heavy atom. The van der Waals surface area contributed by atoms with E-state index in [2.05, 4.69) is 20.0 Å². The van der Waals surface area contributed by atoms with Crippen LogP contribution in [0.25, 0.3) is 22.8 Å². The minimum absolute atomic E-state index is 0.173. The Hall–Kier alpha value is -3.95. The number of pyridine rings is 1. The van der Waals surface area contributed by atoms with Crippen LogP contribution in [0.1, 0.15) is 11.1 Å². The number of fused-ring (bicyclic) bond motifs is 1. The predicted molar refractivity (Wildman–Crippen MR) is 133 cm³/mol. The van der Waals surface area contributed by atoms with E-state index >= 15 is 0 Å². The SMILES string of the molecule is COc1cc2c(cc1OC)CN(CC(O)COc1cccc(-c3noc(-c4cccnc4)n3)c1)CC2. The van der Waals surface area contributed by atoms with Crippen molar-refractivity contribution >= 4 is 0 Å². The Morgan fingerprint density at radius 2 is 1.83 bits per heavy atom. The lowest BCUT2D eigenvalue weighted by Crippen LogP contribution is -2.38. The second-order valence-electron chi connectivity index (χ2n) is 8.62. The molecule has 3 heterocycles. The second-order valence-corrected chi connectivity index (χ2v) is 8.62. The fourth-order valence-electron chi connectivity index (χ4n) is 4.31. The number of aromatic nitrogens is 3. The van der Waals surface area contributed by atoms with Crippen molar-refractivity contribution in [2.24, 2.45) is 0 Å². The van der Waals surface area contributed by atoms with Gasteiger partial charge in [0.2, 0.25) is 5.82 Å². The van der Waals surface area contributed by atoms with Gasteiger partial charge >= 0.3 is 0 Å². The van der Waals surface area contributed by atoms with E-state index in [-0.39, 0.29) is 6.61 Å². The van der Waals surface area contributed by atoms with Gasteiger partial charge in [0.1, 0.15) is 18.5 Å². The largest absolute Gasteiger partial charge is 0.493 e. The van der Waals surface area contributed by atoms with Crippen LogP contribution in [0.4, 0.5) is 0 Å². The zero-order chi connectivity index (χ0) is 24.9. The standard InChI is InChI=1S/C27H28N4O5/c1-33-24-12-18-8-10-31(15-21(18)13-25(24)34-2)16-22(32)17-35-23-7-3-5-19(11-23)26-29-27(36-30-26)20-6-4-9-28-14-20/h3-7,9,11-14,22,32H,8,10,15-17H2,1-2H3. The first kappa shape index (κ1) is 23.8. The zero-order valence-electron chi connectivity index (χ0n) is 20.3. The van der Waals surface area contributed by atoms with Crippen LogP contribution < -0.4 is 14.2 Å². The molecule has 4 aromatic rings. The topological polar surface area (TPSA) is 103 Å². The van der Waals surface area contributed by atoms with Gasteiger partial charge < -0.3 is 23.8 Å². The molecule has 2 aromatic carbocycles. The molecule has 9 heteroatoms. The fourth-order valence-corrected chi connectivity index (χ4v) is 4.31. The van der Waals surface area contributed by atoms with Gasteiger partial charge in [0.25, 0.3) is 5.89 Å². The van der Waals surface area contributed by atoms with Crippen molar-refractivity contribution < 1.29 is 23.8 Å². The molecule has 36 heavy (non-hydrogen) atoms. The molecule has 9 nitrogen and oxygen atoms in total. The number of aliphatic hydroxyl groups excluding tert-OH is 1. The predicted octanol–water partition coefficient (Wildman–Crippen LogP) is 3.61. The number of benzene rings is 2. The quantitative estimate of drug-likeness (QED) is 0.378. The maximum absolute atomic E-state index is 10.7. The van der Waals surface area contributed by atoms with Crippen molar-refractivity contribution in [1.29, 1.82) is 0 Å². The molecule has 0 spiro atoms. The maximum atomic E-state index is 10.7. The monoisotopic (exact) mass is 488 g/mol.